The van der Waals surface area contributed by atoms with Crippen molar-refractivity contribution >= 4 is 16.8 Å². The average molecular weight is 329 g/mol. The predicted molar refractivity (Wildman–Crippen MR) is 96.6 cm³/mol. The van der Waals surface area contributed by atoms with Crippen LogP contribution >= 0.6 is 0 Å². The second kappa shape index (κ2) is 7.26. The van der Waals surface area contributed by atoms with E-state index in [1.807, 2.05) is 36.1 Å². The molecule has 0 radical (unpaired) electrons. The number of aromatic nitrogens is 1. The minimum absolute atomic E-state index is 0.0911. The van der Waals surface area contributed by atoms with E-state index in [4.69, 9.17) is 4.74 Å². The zero-order valence-corrected chi connectivity index (χ0v) is 14.8. The van der Waals surface area contributed by atoms with Crippen LogP contribution < -0.4 is 4.74 Å². The lowest BCUT2D eigenvalue weighted by Gasteiger charge is -2.35. The van der Waals surface area contributed by atoms with Crippen LogP contribution in [0.2, 0.25) is 0 Å². The van der Waals surface area contributed by atoms with Gasteiger partial charge in [0.15, 0.2) is 0 Å². The van der Waals surface area contributed by atoms with Crippen molar-refractivity contribution in [2.45, 2.75) is 20.8 Å². The van der Waals surface area contributed by atoms with Gasteiger partial charge in [-0.2, -0.15) is 0 Å². The van der Waals surface area contributed by atoms with Crippen LogP contribution in [0.4, 0.5) is 0 Å². The van der Waals surface area contributed by atoms with Crippen molar-refractivity contribution in [2.75, 3.05) is 39.3 Å². The molecule has 3 rings (SSSR count). The molecular weight excluding hydrogens is 302 g/mol. The molecule has 5 nitrogen and oxygen atoms in total. The largest absolute Gasteiger partial charge is 0.494 e. The molecule has 1 fully saturated rings. The van der Waals surface area contributed by atoms with Crippen LogP contribution in [0.25, 0.3) is 10.9 Å². The highest BCUT2D eigenvalue weighted by atomic mass is 16.5. The van der Waals surface area contributed by atoms with Gasteiger partial charge in [0.05, 0.1) is 6.61 Å². The number of hydrogen-bond donors (Lipinski definition) is 1. The highest BCUT2D eigenvalue weighted by Gasteiger charge is 2.23. The maximum atomic E-state index is 12.8. The summed E-state index contributed by atoms with van der Waals surface area (Å²) in [6.07, 6.45) is 0. The van der Waals surface area contributed by atoms with E-state index < -0.39 is 0 Å². The third-order valence-electron chi connectivity index (χ3n) is 4.42. The molecule has 1 aliphatic heterocycles. The van der Waals surface area contributed by atoms with Gasteiger partial charge in [0.1, 0.15) is 11.4 Å². The number of benzene rings is 1. The van der Waals surface area contributed by atoms with Gasteiger partial charge in [-0.1, -0.05) is 13.8 Å². The molecule has 0 spiro atoms. The van der Waals surface area contributed by atoms with Gasteiger partial charge in [0.2, 0.25) is 0 Å². The van der Waals surface area contributed by atoms with E-state index in [1.54, 1.807) is 0 Å². The molecule has 1 aromatic carbocycles. The van der Waals surface area contributed by atoms with Crippen molar-refractivity contribution < 1.29 is 9.53 Å². The van der Waals surface area contributed by atoms with Gasteiger partial charge in [0, 0.05) is 49.7 Å². The Morgan fingerprint density at radius 1 is 1.21 bits per heavy atom. The van der Waals surface area contributed by atoms with Crippen LogP contribution in [-0.2, 0) is 0 Å². The zero-order chi connectivity index (χ0) is 17.1. The summed E-state index contributed by atoms with van der Waals surface area (Å²) in [6, 6.07) is 7.83. The Labute approximate surface area is 143 Å². The van der Waals surface area contributed by atoms with Crippen LogP contribution in [0.5, 0.6) is 5.75 Å². The molecule has 1 N–H and O–H groups in total. The number of ether oxygens (including phenoxy) is 1. The number of H-pyrrole nitrogens is 1. The molecule has 1 saturated heterocycles. The zero-order valence-electron chi connectivity index (χ0n) is 14.8. The molecule has 1 amide bonds. The van der Waals surface area contributed by atoms with Crippen LogP contribution in [0.15, 0.2) is 24.3 Å². The fourth-order valence-corrected chi connectivity index (χ4v) is 3.30. The number of aromatic amines is 1. The topological polar surface area (TPSA) is 48.6 Å². The van der Waals surface area contributed by atoms with Crippen LogP contribution in [0.1, 0.15) is 31.3 Å². The van der Waals surface area contributed by atoms with Gasteiger partial charge >= 0.3 is 0 Å². The lowest BCUT2D eigenvalue weighted by Crippen LogP contribution is -2.49. The summed E-state index contributed by atoms with van der Waals surface area (Å²) in [4.78, 5) is 20.4. The number of piperazine rings is 1. The Bertz CT molecular complexity index is 700. The van der Waals surface area contributed by atoms with Crippen LogP contribution in [-0.4, -0.2) is 60.0 Å². The summed E-state index contributed by atoms with van der Waals surface area (Å²) in [7, 11) is 0. The molecule has 24 heavy (non-hydrogen) atoms. The van der Waals surface area contributed by atoms with E-state index in [1.165, 1.54) is 0 Å². The minimum Gasteiger partial charge on any atom is -0.494 e. The fraction of sp³-hybridized carbons (Fsp3) is 0.526. The highest BCUT2D eigenvalue weighted by molar-refractivity contribution is 5.98. The first-order valence-corrected chi connectivity index (χ1v) is 8.84. The maximum absolute atomic E-state index is 12.8. The van der Waals surface area contributed by atoms with E-state index in [0.717, 1.165) is 49.4 Å². The first-order valence-electron chi connectivity index (χ1n) is 8.84. The number of fused-ring (bicyclic) bond motifs is 1. The van der Waals surface area contributed by atoms with E-state index in [0.29, 0.717) is 18.2 Å². The molecule has 2 aromatic rings. The van der Waals surface area contributed by atoms with Gasteiger partial charge < -0.3 is 14.6 Å². The number of carbonyl (C=O) groups is 1. The van der Waals surface area contributed by atoms with Crippen LogP contribution in [0, 0.1) is 5.92 Å². The lowest BCUT2D eigenvalue weighted by atomic mass is 10.2. The molecule has 1 aromatic heterocycles. The van der Waals surface area contributed by atoms with Gasteiger partial charge in [-0.3, -0.25) is 9.69 Å². The fourth-order valence-electron chi connectivity index (χ4n) is 3.30. The summed E-state index contributed by atoms with van der Waals surface area (Å²) < 4.78 is 5.52. The number of rotatable bonds is 5. The van der Waals surface area contributed by atoms with Gasteiger partial charge in [-0.15, -0.1) is 0 Å². The Hall–Kier alpha value is -2.01. The van der Waals surface area contributed by atoms with Crippen molar-refractivity contribution in [1.82, 2.24) is 14.8 Å². The molecule has 130 valence electrons. The number of amides is 1. The molecule has 0 saturated carbocycles. The number of hydrogen-bond acceptors (Lipinski definition) is 3. The molecule has 5 heteroatoms. The van der Waals surface area contributed by atoms with E-state index >= 15 is 0 Å². The molecule has 0 bridgehead atoms. The maximum Gasteiger partial charge on any atom is 0.270 e. The SMILES string of the molecule is CCOc1ccc2cc(C(=O)N3CCN(CC(C)C)CC3)[nH]c2c1. The summed E-state index contributed by atoms with van der Waals surface area (Å²) in [5.41, 5.74) is 1.61. The standard InChI is InChI=1S/C19H27N3O2/c1-4-24-16-6-5-15-11-18(20-17(15)12-16)19(23)22-9-7-21(8-10-22)13-14(2)3/h5-6,11-12,14,20H,4,7-10,13H2,1-3H3. The Kier molecular flexibility index (Phi) is 5.09. The normalized spacial score (nSPS) is 16.1. The third kappa shape index (κ3) is 3.73. The first kappa shape index (κ1) is 16.8. The summed E-state index contributed by atoms with van der Waals surface area (Å²) >= 11 is 0. The number of carbonyl (C=O) groups excluding carboxylic acids is 1. The predicted octanol–water partition coefficient (Wildman–Crippen LogP) is 2.98. The number of nitrogens with one attached hydrogen (secondary N) is 1. The lowest BCUT2D eigenvalue weighted by molar-refractivity contribution is 0.0619. The van der Waals surface area contributed by atoms with E-state index in [9.17, 15) is 4.79 Å². The van der Waals surface area contributed by atoms with Gasteiger partial charge in [0.25, 0.3) is 5.91 Å². The Balaban J connectivity index is 1.68. The summed E-state index contributed by atoms with van der Waals surface area (Å²) in [5, 5.41) is 1.04. The monoisotopic (exact) mass is 329 g/mol. The minimum atomic E-state index is 0.0911. The smallest absolute Gasteiger partial charge is 0.270 e. The van der Waals surface area contributed by atoms with Crippen molar-refractivity contribution in [3.8, 4) is 5.75 Å². The van der Waals surface area contributed by atoms with Crippen molar-refractivity contribution in [3.05, 3.63) is 30.0 Å². The third-order valence-corrected chi connectivity index (χ3v) is 4.42. The van der Waals surface area contributed by atoms with Crippen molar-refractivity contribution in [3.63, 3.8) is 0 Å². The Morgan fingerprint density at radius 3 is 2.62 bits per heavy atom. The Morgan fingerprint density at radius 2 is 1.96 bits per heavy atom. The van der Waals surface area contributed by atoms with E-state index in [2.05, 4.69) is 23.7 Å². The van der Waals surface area contributed by atoms with Crippen molar-refractivity contribution in [1.29, 1.82) is 0 Å². The van der Waals surface area contributed by atoms with Gasteiger partial charge in [-0.05, 0) is 31.0 Å². The average Bonchev–Trinajstić information content (AvgIpc) is 2.98. The molecule has 0 unspecified atom stereocenters. The molecular formula is C19H27N3O2. The second-order valence-electron chi connectivity index (χ2n) is 6.85. The van der Waals surface area contributed by atoms with E-state index in [-0.39, 0.29) is 5.91 Å². The second-order valence-corrected chi connectivity index (χ2v) is 6.85. The van der Waals surface area contributed by atoms with Crippen molar-refractivity contribution in [2.24, 2.45) is 5.92 Å². The summed E-state index contributed by atoms with van der Waals surface area (Å²) in [5.74, 6) is 1.59. The first-order chi connectivity index (χ1) is 11.6. The molecule has 1 aliphatic rings. The molecule has 0 aliphatic carbocycles. The van der Waals surface area contributed by atoms with Crippen LogP contribution in [0.3, 0.4) is 0 Å². The quantitative estimate of drug-likeness (QED) is 0.917. The summed E-state index contributed by atoms with van der Waals surface area (Å²) in [6.45, 7) is 11.7. The molecule has 0 atom stereocenters. The van der Waals surface area contributed by atoms with Gasteiger partial charge in [-0.25, -0.2) is 0 Å². The number of nitrogens with zero attached hydrogens (tertiary/aromatic N) is 2. The molecule has 2 heterocycles. The highest BCUT2D eigenvalue weighted by Crippen LogP contribution is 2.22.